The molecule has 0 aliphatic heterocycles. The van der Waals surface area contributed by atoms with Crippen LogP contribution in [-0.4, -0.2) is 18.0 Å². The average Bonchev–Trinajstić information content (AvgIpc) is 2.42. The summed E-state index contributed by atoms with van der Waals surface area (Å²) < 4.78 is 0. The molecule has 0 aromatic heterocycles. The first-order valence-electron chi connectivity index (χ1n) is 6.71. The molecule has 19 heavy (non-hydrogen) atoms. The first kappa shape index (κ1) is 15.7. The second-order valence-corrected chi connectivity index (χ2v) is 4.95. The van der Waals surface area contributed by atoms with Crippen LogP contribution in [0.4, 0.5) is 5.69 Å². The molecule has 1 rings (SSSR count). The normalized spacial score (nSPS) is 10.3. The van der Waals surface area contributed by atoms with Crippen LogP contribution in [-0.2, 0) is 4.79 Å². The highest BCUT2D eigenvalue weighted by molar-refractivity contribution is 6.31. The second kappa shape index (κ2) is 7.95. The Morgan fingerprint density at radius 3 is 2.74 bits per heavy atom. The molecule has 0 amide bonds. The largest absolute Gasteiger partial charge is 0.377 e. The van der Waals surface area contributed by atoms with E-state index >= 15 is 0 Å². The number of Topliss-reactive ketones (excluding diaryl/α,β-unsaturated/α-hetero) is 1. The van der Waals surface area contributed by atoms with Crippen molar-refractivity contribution in [2.75, 3.05) is 11.9 Å². The van der Waals surface area contributed by atoms with Crippen molar-refractivity contribution in [3.8, 4) is 0 Å². The highest BCUT2D eigenvalue weighted by atomic mass is 35.5. The molecule has 2 N–H and O–H groups in total. The van der Waals surface area contributed by atoms with E-state index in [1.165, 1.54) is 0 Å². The number of hydrogen-bond acceptors (Lipinski definition) is 3. The maximum absolute atomic E-state index is 11.7. The summed E-state index contributed by atoms with van der Waals surface area (Å²) in [5.74, 6) is 0.200. The highest BCUT2D eigenvalue weighted by Crippen LogP contribution is 2.22. The SMILES string of the molecule is CCCCC(=O)CNc1ccc(Cl)cc1C(=N)CC. The number of carbonyl (C=O) groups excluding carboxylic acids is 1. The van der Waals surface area contributed by atoms with Crippen LogP contribution in [0.3, 0.4) is 0 Å². The maximum atomic E-state index is 11.7. The summed E-state index contributed by atoms with van der Waals surface area (Å²) >= 11 is 5.96. The molecule has 104 valence electrons. The van der Waals surface area contributed by atoms with E-state index in [1.807, 2.05) is 13.0 Å². The van der Waals surface area contributed by atoms with Crippen molar-refractivity contribution >= 4 is 28.8 Å². The summed E-state index contributed by atoms with van der Waals surface area (Å²) in [6.07, 6.45) is 3.20. The highest BCUT2D eigenvalue weighted by Gasteiger charge is 2.09. The zero-order chi connectivity index (χ0) is 14.3. The van der Waals surface area contributed by atoms with Crippen molar-refractivity contribution in [1.82, 2.24) is 0 Å². The molecule has 0 spiro atoms. The van der Waals surface area contributed by atoms with Crippen LogP contribution < -0.4 is 5.32 Å². The van der Waals surface area contributed by atoms with Crippen molar-refractivity contribution < 1.29 is 4.79 Å². The van der Waals surface area contributed by atoms with Crippen LogP contribution in [0.2, 0.25) is 5.02 Å². The summed E-state index contributed by atoms with van der Waals surface area (Å²) in [6, 6.07) is 5.37. The van der Waals surface area contributed by atoms with E-state index in [0.717, 1.165) is 24.1 Å². The number of carbonyl (C=O) groups is 1. The van der Waals surface area contributed by atoms with Gasteiger partial charge in [-0.05, 0) is 31.0 Å². The monoisotopic (exact) mass is 280 g/mol. The van der Waals surface area contributed by atoms with Gasteiger partial charge in [-0.3, -0.25) is 4.79 Å². The van der Waals surface area contributed by atoms with Crippen LogP contribution in [0, 0.1) is 5.41 Å². The zero-order valence-corrected chi connectivity index (χ0v) is 12.3. The van der Waals surface area contributed by atoms with Crippen molar-refractivity contribution in [3.63, 3.8) is 0 Å². The van der Waals surface area contributed by atoms with Crippen molar-refractivity contribution in [1.29, 1.82) is 5.41 Å². The summed E-state index contributed by atoms with van der Waals surface area (Å²) in [4.78, 5) is 11.7. The summed E-state index contributed by atoms with van der Waals surface area (Å²) in [6.45, 7) is 4.31. The number of ketones is 1. The van der Waals surface area contributed by atoms with E-state index in [-0.39, 0.29) is 5.78 Å². The van der Waals surface area contributed by atoms with Crippen LogP contribution in [0.15, 0.2) is 18.2 Å². The molecule has 0 unspecified atom stereocenters. The fourth-order valence-corrected chi connectivity index (χ4v) is 1.94. The Labute approximate surface area is 119 Å². The Morgan fingerprint density at radius 2 is 2.11 bits per heavy atom. The van der Waals surface area contributed by atoms with Gasteiger partial charge in [0.05, 0.1) is 6.54 Å². The van der Waals surface area contributed by atoms with E-state index in [0.29, 0.717) is 30.1 Å². The third kappa shape index (κ3) is 5.03. The Hall–Kier alpha value is -1.35. The van der Waals surface area contributed by atoms with Crippen molar-refractivity contribution in [2.24, 2.45) is 0 Å². The Morgan fingerprint density at radius 1 is 1.37 bits per heavy atom. The standard InChI is InChI=1S/C15H21ClN2O/c1-3-5-6-12(19)10-18-15-8-7-11(16)9-13(15)14(17)4-2/h7-9,17-18H,3-6,10H2,1-2H3. The third-order valence-corrected chi connectivity index (χ3v) is 3.18. The van der Waals surface area contributed by atoms with Gasteiger partial charge in [-0.15, -0.1) is 0 Å². The lowest BCUT2D eigenvalue weighted by Gasteiger charge is -2.12. The van der Waals surface area contributed by atoms with Gasteiger partial charge in [-0.1, -0.05) is 31.9 Å². The van der Waals surface area contributed by atoms with Gasteiger partial charge in [-0.25, -0.2) is 0 Å². The lowest BCUT2D eigenvalue weighted by Crippen LogP contribution is -2.15. The van der Waals surface area contributed by atoms with E-state index in [9.17, 15) is 4.79 Å². The van der Waals surface area contributed by atoms with Gasteiger partial charge in [0.2, 0.25) is 0 Å². The number of nitrogens with one attached hydrogen (secondary N) is 2. The minimum Gasteiger partial charge on any atom is -0.377 e. The predicted octanol–water partition coefficient (Wildman–Crippen LogP) is 4.29. The van der Waals surface area contributed by atoms with Crippen LogP contribution in [0.1, 0.15) is 45.1 Å². The second-order valence-electron chi connectivity index (χ2n) is 4.52. The van der Waals surface area contributed by atoms with Gasteiger partial charge in [0, 0.05) is 28.4 Å². The van der Waals surface area contributed by atoms with E-state index in [1.54, 1.807) is 12.1 Å². The molecule has 0 atom stereocenters. The molecule has 3 nitrogen and oxygen atoms in total. The van der Waals surface area contributed by atoms with Gasteiger partial charge >= 0.3 is 0 Å². The fourth-order valence-electron chi connectivity index (χ4n) is 1.77. The molecular formula is C15H21ClN2O. The van der Waals surface area contributed by atoms with Gasteiger partial charge in [0.1, 0.15) is 0 Å². The number of rotatable bonds is 8. The summed E-state index contributed by atoms with van der Waals surface area (Å²) in [7, 11) is 0. The van der Waals surface area contributed by atoms with Gasteiger partial charge < -0.3 is 10.7 Å². The lowest BCUT2D eigenvalue weighted by molar-refractivity contribution is -0.117. The van der Waals surface area contributed by atoms with E-state index < -0.39 is 0 Å². The summed E-state index contributed by atoms with van der Waals surface area (Å²) in [5.41, 5.74) is 2.10. The minimum absolute atomic E-state index is 0.200. The first-order chi connectivity index (χ1) is 9.08. The van der Waals surface area contributed by atoms with E-state index in [4.69, 9.17) is 17.0 Å². The Balaban J connectivity index is 2.72. The van der Waals surface area contributed by atoms with Crippen LogP contribution >= 0.6 is 11.6 Å². The smallest absolute Gasteiger partial charge is 0.151 e. The molecule has 0 aliphatic rings. The molecule has 4 heteroatoms. The number of unbranched alkanes of at least 4 members (excludes halogenated alkanes) is 1. The number of anilines is 1. The molecule has 0 heterocycles. The molecule has 1 aromatic carbocycles. The van der Waals surface area contributed by atoms with Gasteiger partial charge in [0.15, 0.2) is 5.78 Å². The molecular weight excluding hydrogens is 260 g/mol. The summed E-state index contributed by atoms with van der Waals surface area (Å²) in [5, 5.41) is 11.7. The molecule has 0 aliphatic carbocycles. The maximum Gasteiger partial charge on any atom is 0.151 e. The molecule has 0 saturated heterocycles. The minimum atomic E-state index is 0.200. The predicted molar refractivity (Wildman–Crippen MR) is 81.6 cm³/mol. The molecule has 0 saturated carbocycles. The lowest BCUT2D eigenvalue weighted by atomic mass is 10.1. The Bertz CT molecular complexity index is 457. The zero-order valence-electron chi connectivity index (χ0n) is 11.6. The topological polar surface area (TPSA) is 53.0 Å². The molecule has 0 bridgehead atoms. The van der Waals surface area contributed by atoms with E-state index in [2.05, 4.69) is 12.2 Å². The van der Waals surface area contributed by atoms with Crippen LogP contribution in [0.25, 0.3) is 0 Å². The first-order valence-corrected chi connectivity index (χ1v) is 7.09. The molecule has 0 fully saturated rings. The number of hydrogen-bond donors (Lipinski definition) is 2. The van der Waals surface area contributed by atoms with Crippen molar-refractivity contribution in [3.05, 3.63) is 28.8 Å². The third-order valence-electron chi connectivity index (χ3n) is 2.95. The van der Waals surface area contributed by atoms with Gasteiger partial charge in [-0.2, -0.15) is 0 Å². The quantitative estimate of drug-likeness (QED) is 0.698. The average molecular weight is 281 g/mol. The number of halogens is 1. The number of benzene rings is 1. The van der Waals surface area contributed by atoms with Crippen LogP contribution in [0.5, 0.6) is 0 Å². The molecule has 1 aromatic rings. The Kier molecular flexibility index (Phi) is 6.57. The molecule has 0 radical (unpaired) electrons. The van der Waals surface area contributed by atoms with Crippen molar-refractivity contribution in [2.45, 2.75) is 39.5 Å². The van der Waals surface area contributed by atoms with Gasteiger partial charge in [0.25, 0.3) is 0 Å². The fraction of sp³-hybridized carbons (Fsp3) is 0.467.